The van der Waals surface area contributed by atoms with E-state index in [1.54, 1.807) is 12.2 Å². The van der Waals surface area contributed by atoms with Gasteiger partial charge < -0.3 is 39.0 Å². The van der Waals surface area contributed by atoms with Crippen molar-refractivity contribution in [1.29, 1.82) is 0 Å². The number of hydrogen-bond acceptors (Lipinski definition) is 11. The molecule has 6 atom stereocenters. The van der Waals surface area contributed by atoms with Gasteiger partial charge in [-0.1, -0.05) is 191 Å². The van der Waals surface area contributed by atoms with Gasteiger partial charge in [-0.15, -0.1) is 0 Å². The van der Waals surface area contributed by atoms with Gasteiger partial charge in [-0.05, 0) is 109 Å². The zero-order chi connectivity index (χ0) is 54.7. The van der Waals surface area contributed by atoms with Crippen LogP contribution in [0, 0.1) is 0 Å². The normalized spacial score (nSPS) is 19.5. The number of hydrogen-bond donors (Lipinski definition) is 3. The SMILES string of the molecule is CC/C=C\C/C=C\C/C=C\C/C=C\C/C=C\CCCC(=O)OCC(COC1OC(C(=O)O)C(O)C(O)C1OC(=O)C/C=C\C/C=C\C/C=C\C/C=C\C/C=C\CC)OC(=O)CC/C=C\C/C=C\C/C=C\C/C=C\CC. The number of aliphatic carboxylic acids is 1. The Kier molecular flexibility index (Phi) is 43.8. The molecule has 1 aliphatic rings. The predicted octanol–water partition coefficient (Wildman–Crippen LogP) is 13.5. The summed E-state index contributed by atoms with van der Waals surface area (Å²) in [7, 11) is 0. The molecule has 414 valence electrons. The van der Waals surface area contributed by atoms with Crippen LogP contribution in [0.25, 0.3) is 0 Å². The molecule has 0 aliphatic carbocycles. The Labute approximate surface area is 449 Å². The number of carbonyl (C=O) groups is 4. The van der Waals surface area contributed by atoms with Gasteiger partial charge in [0, 0.05) is 12.8 Å². The molecule has 75 heavy (non-hydrogen) atoms. The Morgan fingerprint density at radius 3 is 1.25 bits per heavy atom. The molecule has 0 amide bonds. The van der Waals surface area contributed by atoms with Gasteiger partial charge in [0.15, 0.2) is 24.6 Å². The van der Waals surface area contributed by atoms with Gasteiger partial charge in [-0.3, -0.25) is 14.4 Å². The predicted molar refractivity (Wildman–Crippen MR) is 302 cm³/mol. The third kappa shape index (κ3) is 39.2. The van der Waals surface area contributed by atoms with Gasteiger partial charge in [0.05, 0.1) is 13.0 Å². The van der Waals surface area contributed by atoms with Crippen LogP contribution in [0.5, 0.6) is 0 Å². The van der Waals surface area contributed by atoms with E-state index in [4.69, 9.17) is 23.7 Å². The maximum Gasteiger partial charge on any atom is 0.335 e. The van der Waals surface area contributed by atoms with E-state index >= 15 is 0 Å². The molecule has 0 bridgehead atoms. The van der Waals surface area contributed by atoms with Crippen molar-refractivity contribution >= 4 is 23.9 Å². The van der Waals surface area contributed by atoms with E-state index in [0.29, 0.717) is 32.1 Å². The fraction of sp³-hybridized carbons (Fsp3) is 0.492. The van der Waals surface area contributed by atoms with Crippen LogP contribution in [0.3, 0.4) is 0 Å². The number of unbranched alkanes of at least 4 members (excludes halogenated alkanes) is 1. The van der Waals surface area contributed by atoms with Gasteiger partial charge >= 0.3 is 23.9 Å². The Balaban J connectivity index is 2.86. The van der Waals surface area contributed by atoms with Crippen LogP contribution in [0.2, 0.25) is 0 Å². The minimum Gasteiger partial charge on any atom is -0.479 e. The first kappa shape index (κ1) is 67.1. The van der Waals surface area contributed by atoms with Crippen LogP contribution in [0.4, 0.5) is 0 Å². The average Bonchev–Trinajstić information content (AvgIpc) is 3.39. The van der Waals surface area contributed by atoms with Gasteiger partial charge in [0.25, 0.3) is 0 Å². The quantitative estimate of drug-likeness (QED) is 0.0229. The topological polar surface area (TPSA) is 175 Å². The first-order valence-corrected chi connectivity index (χ1v) is 27.1. The van der Waals surface area contributed by atoms with Crippen LogP contribution >= 0.6 is 0 Å². The molecule has 1 saturated heterocycles. The number of ether oxygens (including phenoxy) is 5. The smallest absolute Gasteiger partial charge is 0.335 e. The summed E-state index contributed by atoms with van der Waals surface area (Å²) in [6.45, 7) is 5.44. The molecule has 1 rings (SSSR count). The summed E-state index contributed by atoms with van der Waals surface area (Å²) in [4.78, 5) is 50.9. The molecule has 0 radical (unpaired) electrons. The number of rotatable bonds is 42. The number of carboxylic acids is 1. The van der Waals surface area contributed by atoms with Crippen molar-refractivity contribution in [2.24, 2.45) is 0 Å². The molecule has 0 aromatic heterocycles. The highest BCUT2D eigenvalue weighted by molar-refractivity contribution is 5.74. The third-order valence-electron chi connectivity index (χ3n) is 10.8. The second kappa shape index (κ2) is 49.0. The molecule has 12 heteroatoms. The lowest BCUT2D eigenvalue weighted by Gasteiger charge is -2.40. The molecule has 0 spiro atoms. The lowest BCUT2D eigenvalue weighted by Crippen LogP contribution is -2.61. The number of allylic oxidation sites excluding steroid dienone is 27. The van der Waals surface area contributed by atoms with Crippen LogP contribution in [0.1, 0.15) is 149 Å². The second-order valence-corrected chi connectivity index (χ2v) is 17.4. The fourth-order valence-electron chi connectivity index (χ4n) is 6.78. The van der Waals surface area contributed by atoms with Crippen LogP contribution in [0.15, 0.2) is 170 Å². The number of aliphatic hydroxyl groups is 2. The first-order valence-electron chi connectivity index (χ1n) is 27.1. The maximum absolute atomic E-state index is 13.1. The molecule has 1 heterocycles. The summed E-state index contributed by atoms with van der Waals surface area (Å²) >= 11 is 0. The summed E-state index contributed by atoms with van der Waals surface area (Å²) in [5.41, 5.74) is 0. The van der Waals surface area contributed by atoms with Crippen molar-refractivity contribution in [3.8, 4) is 0 Å². The average molecular weight is 1040 g/mol. The van der Waals surface area contributed by atoms with Crippen LogP contribution in [-0.4, -0.2) is 89.2 Å². The molecule has 0 aromatic rings. The maximum atomic E-state index is 13.1. The number of carboxylic acid groups (broad SMARTS) is 1. The van der Waals surface area contributed by atoms with Crippen molar-refractivity contribution in [2.45, 2.75) is 186 Å². The summed E-state index contributed by atoms with van der Waals surface area (Å²) in [5.74, 6) is -3.51. The standard InChI is InChI=1S/C63H90O12/c1-4-7-10-13-16-19-22-25-27-28-30-32-34-37-40-43-46-49-55(64)71-52-54(73-56(65)50-47-44-41-38-35-31-24-21-18-15-12-9-6-3)53-72-63-61(59(68)58(67)60(75-63)62(69)70)74-57(66)51-48-45-42-39-36-33-29-26-23-20-17-14-11-8-5-2/h7-12,16-21,25-27,29-32,35-37,39-41,44-45,48,54,58-61,63,67-68H,4-6,13-15,22-24,28,33-34,38,42-43,46-47,49-53H2,1-3H3,(H,69,70)/b10-7-,11-8-,12-9-,19-16-,20-17-,21-18-,27-25-,29-26-,32-30-,35-31-,39-36-,40-37-,44-41-,48-45-. The second-order valence-electron chi connectivity index (χ2n) is 17.4. The summed E-state index contributed by atoms with van der Waals surface area (Å²) in [5, 5.41) is 31.4. The molecule has 6 unspecified atom stereocenters. The summed E-state index contributed by atoms with van der Waals surface area (Å²) in [6.07, 6.45) is 61.0. The Hall–Kier alpha value is -5.92. The van der Waals surface area contributed by atoms with Crippen molar-refractivity contribution in [2.75, 3.05) is 13.2 Å². The number of carbonyl (C=O) groups excluding carboxylic acids is 3. The zero-order valence-electron chi connectivity index (χ0n) is 45.2. The lowest BCUT2D eigenvalue weighted by atomic mass is 9.98. The summed E-state index contributed by atoms with van der Waals surface area (Å²) < 4.78 is 28.0. The van der Waals surface area contributed by atoms with E-state index in [0.717, 1.165) is 77.0 Å². The highest BCUT2D eigenvalue weighted by Crippen LogP contribution is 2.26. The fourth-order valence-corrected chi connectivity index (χ4v) is 6.78. The van der Waals surface area contributed by atoms with Crippen molar-refractivity contribution in [1.82, 2.24) is 0 Å². The van der Waals surface area contributed by atoms with E-state index in [1.165, 1.54) is 0 Å². The van der Waals surface area contributed by atoms with E-state index < -0.39 is 73.9 Å². The molecular weight excluding hydrogens is 949 g/mol. The highest BCUT2D eigenvalue weighted by Gasteiger charge is 2.50. The molecule has 0 saturated carbocycles. The van der Waals surface area contributed by atoms with Gasteiger partial charge in [0.2, 0.25) is 0 Å². The highest BCUT2D eigenvalue weighted by atomic mass is 16.7. The number of aliphatic hydroxyl groups excluding tert-OH is 2. The minimum absolute atomic E-state index is 0.00782. The van der Waals surface area contributed by atoms with E-state index in [9.17, 15) is 34.5 Å². The molecule has 12 nitrogen and oxygen atoms in total. The zero-order valence-corrected chi connectivity index (χ0v) is 45.2. The third-order valence-corrected chi connectivity index (χ3v) is 10.8. The van der Waals surface area contributed by atoms with Crippen LogP contribution < -0.4 is 0 Å². The van der Waals surface area contributed by atoms with Gasteiger partial charge in [-0.2, -0.15) is 0 Å². The molecule has 3 N–H and O–H groups in total. The lowest BCUT2D eigenvalue weighted by molar-refractivity contribution is -0.301. The van der Waals surface area contributed by atoms with Crippen molar-refractivity contribution in [3.05, 3.63) is 170 Å². The number of esters is 3. The van der Waals surface area contributed by atoms with Crippen molar-refractivity contribution in [3.63, 3.8) is 0 Å². The van der Waals surface area contributed by atoms with E-state index in [-0.39, 0.29) is 19.3 Å². The molecular formula is C63H90O12. The van der Waals surface area contributed by atoms with E-state index in [1.807, 2.05) is 42.5 Å². The van der Waals surface area contributed by atoms with Gasteiger partial charge in [-0.25, -0.2) is 4.79 Å². The minimum atomic E-state index is -1.96. The monoisotopic (exact) mass is 1040 g/mol. The largest absolute Gasteiger partial charge is 0.479 e. The van der Waals surface area contributed by atoms with Crippen LogP contribution in [-0.2, 0) is 42.9 Å². The van der Waals surface area contributed by atoms with Crippen molar-refractivity contribution < 1.29 is 58.2 Å². The summed E-state index contributed by atoms with van der Waals surface area (Å²) in [6, 6.07) is 0. The first-order chi connectivity index (χ1) is 36.6. The Morgan fingerprint density at radius 2 is 0.840 bits per heavy atom. The molecule has 0 aromatic carbocycles. The Morgan fingerprint density at radius 1 is 0.453 bits per heavy atom. The Bertz CT molecular complexity index is 1950. The van der Waals surface area contributed by atoms with E-state index in [2.05, 4.69) is 136 Å². The van der Waals surface area contributed by atoms with Gasteiger partial charge in [0.1, 0.15) is 18.8 Å². The molecule has 1 fully saturated rings. The molecule has 1 aliphatic heterocycles.